The maximum Gasteiger partial charge on any atom is 0.341 e. The molecule has 0 aliphatic rings. The van der Waals surface area contributed by atoms with Gasteiger partial charge in [-0.1, -0.05) is 11.6 Å². The maximum absolute atomic E-state index is 11.1. The first-order valence-electron chi connectivity index (χ1n) is 5.71. The van der Waals surface area contributed by atoms with Crippen LogP contribution in [0.1, 0.15) is 15.9 Å². The normalized spacial score (nSPS) is 10.2. The molecule has 1 aromatic heterocycles. The van der Waals surface area contributed by atoms with Crippen LogP contribution in [0.3, 0.4) is 0 Å². The van der Waals surface area contributed by atoms with Gasteiger partial charge in [-0.05, 0) is 30.7 Å². The van der Waals surface area contributed by atoms with Gasteiger partial charge >= 0.3 is 5.97 Å². The van der Waals surface area contributed by atoms with Crippen LogP contribution in [0.5, 0.6) is 11.6 Å². The third-order valence-corrected chi connectivity index (χ3v) is 2.86. The van der Waals surface area contributed by atoms with Crippen molar-refractivity contribution < 1.29 is 19.6 Å². The standard InChI is InChI=1S/C13H9ClN2O5/c1-7-2-3-8(16(19)20)6-10(7)21-12-9(13(17)18)4-5-11(14)15-12/h2-6H,1H3,(H,17,18). The van der Waals surface area contributed by atoms with E-state index in [9.17, 15) is 14.9 Å². The molecule has 2 aromatic rings. The van der Waals surface area contributed by atoms with Crippen molar-refractivity contribution in [3.63, 3.8) is 0 Å². The number of rotatable bonds is 4. The number of aryl methyl sites for hydroxylation is 1. The Hall–Kier alpha value is -2.67. The number of pyridine rings is 1. The SMILES string of the molecule is Cc1ccc([N+](=O)[O-])cc1Oc1nc(Cl)ccc1C(=O)O. The highest BCUT2D eigenvalue weighted by Gasteiger charge is 2.17. The minimum absolute atomic E-state index is 0.0538. The number of halogens is 1. The second kappa shape index (κ2) is 5.76. The molecular weight excluding hydrogens is 300 g/mol. The van der Waals surface area contributed by atoms with Crippen LogP contribution in [0, 0.1) is 17.0 Å². The highest BCUT2D eigenvalue weighted by Crippen LogP contribution is 2.30. The van der Waals surface area contributed by atoms with Gasteiger partial charge in [0.25, 0.3) is 5.69 Å². The minimum atomic E-state index is -1.24. The number of non-ortho nitro benzene ring substituents is 1. The first-order chi connectivity index (χ1) is 9.88. The van der Waals surface area contributed by atoms with E-state index in [0.717, 1.165) is 0 Å². The third kappa shape index (κ3) is 3.26. The Labute approximate surface area is 123 Å². The summed E-state index contributed by atoms with van der Waals surface area (Å²) in [7, 11) is 0. The molecule has 0 amide bonds. The molecule has 0 radical (unpaired) electrons. The zero-order valence-corrected chi connectivity index (χ0v) is 11.5. The van der Waals surface area contributed by atoms with Crippen LogP contribution >= 0.6 is 11.6 Å². The number of ether oxygens (including phenoxy) is 1. The fourth-order valence-electron chi connectivity index (χ4n) is 1.57. The second-order valence-electron chi connectivity index (χ2n) is 4.10. The van der Waals surface area contributed by atoms with Crippen molar-refractivity contribution in [3.05, 3.63) is 56.7 Å². The molecule has 21 heavy (non-hydrogen) atoms. The van der Waals surface area contributed by atoms with Crippen LogP contribution in [0.25, 0.3) is 0 Å². The smallest absolute Gasteiger partial charge is 0.341 e. The van der Waals surface area contributed by atoms with E-state index in [0.29, 0.717) is 5.56 Å². The van der Waals surface area contributed by atoms with E-state index in [4.69, 9.17) is 21.4 Å². The van der Waals surface area contributed by atoms with Crippen LogP contribution < -0.4 is 4.74 Å². The van der Waals surface area contributed by atoms with Gasteiger partial charge in [0, 0.05) is 6.07 Å². The van der Waals surface area contributed by atoms with Crippen LogP contribution in [-0.4, -0.2) is 21.0 Å². The quantitative estimate of drug-likeness (QED) is 0.527. The van der Waals surface area contributed by atoms with Crippen molar-refractivity contribution in [2.75, 3.05) is 0 Å². The van der Waals surface area contributed by atoms with E-state index in [1.54, 1.807) is 6.92 Å². The summed E-state index contributed by atoms with van der Waals surface area (Å²) in [6.07, 6.45) is 0. The molecule has 0 unspecified atom stereocenters. The number of nitrogens with zero attached hydrogens (tertiary/aromatic N) is 2. The molecule has 7 nitrogen and oxygen atoms in total. The molecule has 8 heteroatoms. The van der Waals surface area contributed by atoms with Crippen molar-refractivity contribution in [1.82, 2.24) is 4.98 Å². The Bertz CT molecular complexity index is 732. The molecule has 1 aromatic carbocycles. The fraction of sp³-hybridized carbons (Fsp3) is 0.0769. The van der Waals surface area contributed by atoms with Gasteiger partial charge in [-0.3, -0.25) is 10.1 Å². The van der Waals surface area contributed by atoms with Crippen molar-refractivity contribution in [2.24, 2.45) is 0 Å². The molecule has 108 valence electrons. The Kier molecular flexibility index (Phi) is 4.04. The predicted molar refractivity (Wildman–Crippen MR) is 74.1 cm³/mol. The molecule has 0 aliphatic heterocycles. The number of carboxylic acids is 1. The second-order valence-corrected chi connectivity index (χ2v) is 4.49. The Balaban J connectivity index is 2.47. The highest BCUT2D eigenvalue weighted by molar-refractivity contribution is 6.29. The number of nitro groups is 1. The monoisotopic (exact) mass is 308 g/mol. The van der Waals surface area contributed by atoms with Crippen molar-refractivity contribution in [1.29, 1.82) is 0 Å². The van der Waals surface area contributed by atoms with Crippen LogP contribution in [-0.2, 0) is 0 Å². The van der Waals surface area contributed by atoms with Crippen LogP contribution in [0.4, 0.5) is 5.69 Å². The lowest BCUT2D eigenvalue weighted by molar-refractivity contribution is -0.384. The minimum Gasteiger partial charge on any atom is -0.477 e. The maximum atomic E-state index is 11.1. The van der Waals surface area contributed by atoms with Gasteiger partial charge in [0.2, 0.25) is 5.88 Å². The van der Waals surface area contributed by atoms with Gasteiger partial charge in [-0.25, -0.2) is 9.78 Å². The molecule has 2 rings (SSSR count). The lowest BCUT2D eigenvalue weighted by Crippen LogP contribution is -2.03. The van der Waals surface area contributed by atoms with Crippen molar-refractivity contribution >= 4 is 23.3 Å². The molecule has 0 aliphatic carbocycles. The number of hydrogen-bond acceptors (Lipinski definition) is 5. The Morgan fingerprint density at radius 3 is 2.71 bits per heavy atom. The first kappa shape index (κ1) is 14.7. The Morgan fingerprint density at radius 1 is 1.38 bits per heavy atom. The first-order valence-corrected chi connectivity index (χ1v) is 6.09. The number of hydrogen-bond donors (Lipinski definition) is 1. The summed E-state index contributed by atoms with van der Waals surface area (Å²) in [6, 6.07) is 6.59. The van der Waals surface area contributed by atoms with E-state index in [2.05, 4.69) is 4.98 Å². The van der Waals surface area contributed by atoms with Crippen LogP contribution in [0.2, 0.25) is 5.15 Å². The van der Waals surface area contributed by atoms with E-state index in [-0.39, 0.29) is 28.0 Å². The molecule has 0 saturated heterocycles. The molecule has 0 saturated carbocycles. The Morgan fingerprint density at radius 2 is 2.10 bits per heavy atom. The van der Waals surface area contributed by atoms with E-state index in [1.807, 2.05) is 0 Å². The number of aromatic nitrogens is 1. The van der Waals surface area contributed by atoms with Gasteiger partial charge in [0.15, 0.2) is 0 Å². The summed E-state index contributed by atoms with van der Waals surface area (Å²) in [6.45, 7) is 1.67. The molecule has 0 fully saturated rings. The summed E-state index contributed by atoms with van der Waals surface area (Å²) < 4.78 is 5.39. The number of carbonyl (C=O) groups is 1. The molecule has 1 N–H and O–H groups in total. The number of carboxylic acid groups (broad SMARTS) is 1. The summed E-state index contributed by atoms with van der Waals surface area (Å²) in [5.74, 6) is -1.32. The molecule has 0 spiro atoms. The highest BCUT2D eigenvalue weighted by atomic mass is 35.5. The summed E-state index contributed by atoms with van der Waals surface area (Å²) >= 11 is 5.72. The van der Waals surface area contributed by atoms with E-state index in [1.165, 1.54) is 30.3 Å². The largest absolute Gasteiger partial charge is 0.477 e. The molecule has 1 heterocycles. The molecule has 0 bridgehead atoms. The lowest BCUT2D eigenvalue weighted by Gasteiger charge is -2.10. The van der Waals surface area contributed by atoms with Gasteiger partial charge in [-0.15, -0.1) is 0 Å². The van der Waals surface area contributed by atoms with Gasteiger partial charge in [0.1, 0.15) is 16.5 Å². The van der Waals surface area contributed by atoms with Gasteiger partial charge < -0.3 is 9.84 Å². The topological polar surface area (TPSA) is 103 Å². The van der Waals surface area contributed by atoms with E-state index < -0.39 is 10.9 Å². The zero-order valence-electron chi connectivity index (χ0n) is 10.7. The number of nitro benzene ring substituents is 1. The number of benzene rings is 1. The third-order valence-electron chi connectivity index (χ3n) is 2.65. The van der Waals surface area contributed by atoms with Crippen molar-refractivity contribution in [2.45, 2.75) is 6.92 Å². The molecule has 0 atom stereocenters. The summed E-state index contributed by atoms with van der Waals surface area (Å²) in [5.41, 5.74) is 0.235. The predicted octanol–water partition coefficient (Wildman–Crippen LogP) is 3.44. The van der Waals surface area contributed by atoms with E-state index >= 15 is 0 Å². The van der Waals surface area contributed by atoms with Crippen molar-refractivity contribution in [3.8, 4) is 11.6 Å². The summed E-state index contributed by atoms with van der Waals surface area (Å²) in [5, 5.41) is 19.9. The molecular formula is C13H9ClN2O5. The average Bonchev–Trinajstić information content (AvgIpc) is 2.40. The average molecular weight is 309 g/mol. The van der Waals surface area contributed by atoms with Gasteiger partial charge in [-0.2, -0.15) is 0 Å². The zero-order chi connectivity index (χ0) is 15.6. The number of aromatic carboxylic acids is 1. The van der Waals surface area contributed by atoms with Gasteiger partial charge in [0.05, 0.1) is 11.0 Å². The lowest BCUT2D eigenvalue weighted by atomic mass is 10.2. The summed E-state index contributed by atoms with van der Waals surface area (Å²) in [4.78, 5) is 25.1. The van der Waals surface area contributed by atoms with Crippen LogP contribution in [0.15, 0.2) is 30.3 Å². The fourth-order valence-corrected chi connectivity index (χ4v) is 1.71.